The average molecular weight is 318 g/mol. The van der Waals surface area contributed by atoms with E-state index in [2.05, 4.69) is 4.98 Å². The zero-order chi connectivity index (χ0) is 15.8. The van der Waals surface area contributed by atoms with Gasteiger partial charge < -0.3 is 10.3 Å². The van der Waals surface area contributed by atoms with E-state index in [1.807, 2.05) is 13.8 Å². The van der Waals surface area contributed by atoms with Gasteiger partial charge in [0.25, 0.3) is 0 Å². The molecule has 0 fully saturated rings. The molecule has 0 aliphatic rings. The van der Waals surface area contributed by atoms with Crippen molar-refractivity contribution in [1.29, 1.82) is 0 Å². The molecule has 1 aromatic carbocycles. The Labute approximate surface area is 125 Å². The van der Waals surface area contributed by atoms with Gasteiger partial charge in [0, 0.05) is 16.8 Å². The molecule has 0 spiro atoms. The summed E-state index contributed by atoms with van der Waals surface area (Å²) in [6.07, 6.45) is -1.47. The minimum atomic E-state index is -4.46. The van der Waals surface area contributed by atoms with Crippen LogP contribution in [-0.4, -0.2) is 9.55 Å². The van der Waals surface area contributed by atoms with Crippen LogP contribution in [0.5, 0.6) is 0 Å². The molecule has 0 radical (unpaired) electrons. The van der Waals surface area contributed by atoms with Gasteiger partial charge in [0.2, 0.25) is 0 Å². The van der Waals surface area contributed by atoms with Gasteiger partial charge in [-0.25, -0.2) is 4.98 Å². The number of halogens is 4. The normalized spacial score (nSPS) is 13.7. The monoisotopic (exact) mass is 317 g/mol. The molecule has 1 unspecified atom stereocenters. The Morgan fingerprint density at radius 2 is 1.90 bits per heavy atom. The summed E-state index contributed by atoms with van der Waals surface area (Å²) in [4.78, 5) is 3.98. The lowest BCUT2D eigenvalue weighted by atomic mass is 10.0. The first-order valence-electron chi connectivity index (χ1n) is 6.36. The second-order valence-electron chi connectivity index (χ2n) is 5.15. The van der Waals surface area contributed by atoms with E-state index in [1.165, 1.54) is 17.0 Å². The standard InChI is InChI=1S/C14H15ClF3N3/c1-8(2)13(19)12-6-20-7-21(12)11-4-9(14(16,17)18)3-10(15)5-11/h3-8,13H,19H2,1-2H3. The Morgan fingerprint density at radius 1 is 1.24 bits per heavy atom. The molecule has 0 aliphatic carbocycles. The van der Waals surface area contributed by atoms with E-state index in [-0.39, 0.29) is 17.0 Å². The molecule has 21 heavy (non-hydrogen) atoms. The Balaban J connectivity index is 2.53. The van der Waals surface area contributed by atoms with E-state index in [0.29, 0.717) is 11.4 Å². The van der Waals surface area contributed by atoms with Crippen molar-refractivity contribution in [2.24, 2.45) is 11.7 Å². The number of aromatic nitrogens is 2. The van der Waals surface area contributed by atoms with Crippen LogP contribution >= 0.6 is 11.6 Å². The quantitative estimate of drug-likeness (QED) is 0.922. The summed E-state index contributed by atoms with van der Waals surface area (Å²) >= 11 is 5.80. The van der Waals surface area contributed by atoms with Crippen LogP contribution in [0.1, 0.15) is 31.1 Å². The van der Waals surface area contributed by atoms with Crippen molar-refractivity contribution in [2.45, 2.75) is 26.1 Å². The highest BCUT2D eigenvalue weighted by atomic mass is 35.5. The molecular weight excluding hydrogens is 303 g/mol. The first-order chi connectivity index (χ1) is 9.70. The molecule has 0 saturated heterocycles. The minimum absolute atomic E-state index is 0.0117. The van der Waals surface area contributed by atoms with Gasteiger partial charge in [-0.3, -0.25) is 0 Å². The van der Waals surface area contributed by atoms with Crippen LogP contribution in [0.3, 0.4) is 0 Å². The van der Waals surface area contributed by atoms with E-state index in [4.69, 9.17) is 17.3 Å². The number of imidazole rings is 1. The van der Waals surface area contributed by atoms with Crippen LogP contribution in [0.4, 0.5) is 13.2 Å². The van der Waals surface area contributed by atoms with E-state index < -0.39 is 11.7 Å². The number of hydrogen-bond donors (Lipinski definition) is 1. The smallest absolute Gasteiger partial charge is 0.322 e. The Morgan fingerprint density at radius 3 is 2.48 bits per heavy atom. The fraction of sp³-hybridized carbons (Fsp3) is 0.357. The molecule has 114 valence electrons. The lowest BCUT2D eigenvalue weighted by Gasteiger charge is -2.19. The second kappa shape index (κ2) is 5.69. The summed E-state index contributed by atoms with van der Waals surface area (Å²) in [5.41, 5.74) is 6.19. The van der Waals surface area contributed by atoms with Crippen molar-refractivity contribution in [3.63, 3.8) is 0 Å². The summed E-state index contributed by atoms with van der Waals surface area (Å²) in [6.45, 7) is 3.86. The average Bonchev–Trinajstić information content (AvgIpc) is 2.84. The number of rotatable bonds is 3. The fourth-order valence-corrected chi connectivity index (χ4v) is 2.22. The Hall–Kier alpha value is -1.53. The van der Waals surface area contributed by atoms with Crippen LogP contribution in [-0.2, 0) is 6.18 Å². The van der Waals surface area contributed by atoms with Crippen molar-refractivity contribution in [3.8, 4) is 5.69 Å². The van der Waals surface area contributed by atoms with Gasteiger partial charge in [-0.05, 0) is 24.1 Å². The number of nitrogens with two attached hydrogens (primary N) is 1. The van der Waals surface area contributed by atoms with Gasteiger partial charge in [-0.1, -0.05) is 25.4 Å². The molecule has 1 atom stereocenters. The lowest BCUT2D eigenvalue weighted by molar-refractivity contribution is -0.137. The topological polar surface area (TPSA) is 43.8 Å². The third-order valence-corrected chi connectivity index (χ3v) is 3.43. The Bertz CT molecular complexity index is 635. The molecule has 0 bridgehead atoms. The lowest BCUT2D eigenvalue weighted by Crippen LogP contribution is -2.20. The van der Waals surface area contributed by atoms with Gasteiger partial charge in [0.15, 0.2) is 0 Å². The maximum Gasteiger partial charge on any atom is 0.416 e. The van der Waals surface area contributed by atoms with Gasteiger partial charge in [-0.2, -0.15) is 13.2 Å². The van der Waals surface area contributed by atoms with Crippen LogP contribution in [0.15, 0.2) is 30.7 Å². The first kappa shape index (κ1) is 15.9. The summed E-state index contributed by atoms with van der Waals surface area (Å²) in [5.74, 6) is 0.127. The molecule has 7 heteroatoms. The van der Waals surface area contributed by atoms with Crippen molar-refractivity contribution in [3.05, 3.63) is 47.0 Å². The highest BCUT2D eigenvalue weighted by Crippen LogP contribution is 2.33. The third-order valence-electron chi connectivity index (χ3n) is 3.21. The number of nitrogens with zero attached hydrogens (tertiary/aromatic N) is 2. The molecule has 0 aliphatic heterocycles. The van der Waals surface area contributed by atoms with Crippen LogP contribution in [0, 0.1) is 5.92 Å². The highest BCUT2D eigenvalue weighted by molar-refractivity contribution is 6.30. The molecule has 2 rings (SSSR count). The number of benzene rings is 1. The second-order valence-corrected chi connectivity index (χ2v) is 5.59. The molecule has 0 amide bonds. The summed E-state index contributed by atoms with van der Waals surface area (Å²) in [6, 6.07) is 3.05. The van der Waals surface area contributed by atoms with Gasteiger partial charge in [-0.15, -0.1) is 0 Å². The van der Waals surface area contributed by atoms with Crippen LogP contribution in [0.25, 0.3) is 5.69 Å². The summed E-state index contributed by atoms with van der Waals surface area (Å²) in [5, 5.41) is 0.0117. The third kappa shape index (κ3) is 3.39. The molecular formula is C14H15ClF3N3. The molecule has 0 saturated carbocycles. The zero-order valence-electron chi connectivity index (χ0n) is 11.5. The maximum atomic E-state index is 12.9. The van der Waals surface area contributed by atoms with Crippen molar-refractivity contribution >= 4 is 11.6 Å². The van der Waals surface area contributed by atoms with Crippen molar-refractivity contribution in [2.75, 3.05) is 0 Å². The Kier molecular flexibility index (Phi) is 4.30. The molecule has 2 N–H and O–H groups in total. The number of hydrogen-bond acceptors (Lipinski definition) is 2. The van der Waals surface area contributed by atoms with Gasteiger partial charge in [0.1, 0.15) is 0 Å². The van der Waals surface area contributed by atoms with E-state index in [0.717, 1.165) is 12.1 Å². The highest BCUT2D eigenvalue weighted by Gasteiger charge is 2.31. The van der Waals surface area contributed by atoms with E-state index in [9.17, 15) is 13.2 Å². The SMILES string of the molecule is CC(C)C(N)c1cncn1-c1cc(Cl)cc(C(F)(F)F)c1. The van der Waals surface area contributed by atoms with Gasteiger partial charge in [0.05, 0.1) is 23.8 Å². The predicted molar refractivity (Wildman–Crippen MR) is 75.3 cm³/mol. The van der Waals surface area contributed by atoms with Gasteiger partial charge >= 0.3 is 6.18 Å². The molecule has 1 aromatic heterocycles. The molecule has 1 heterocycles. The molecule has 3 nitrogen and oxygen atoms in total. The summed E-state index contributed by atoms with van der Waals surface area (Å²) < 4.78 is 40.1. The van der Waals surface area contributed by atoms with E-state index >= 15 is 0 Å². The predicted octanol–water partition coefficient (Wildman–Crippen LogP) is 4.20. The molecule has 2 aromatic rings. The van der Waals surface area contributed by atoms with E-state index in [1.54, 1.807) is 6.20 Å². The van der Waals surface area contributed by atoms with Crippen LogP contribution < -0.4 is 5.73 Å². The zero-order valence-corrected chi connectivity index (χ0v) is 12.3. The largest absolute Gasteiger partial charge is 0.416 e. The summed E-state index contributed by atoms with van der Waals surface area (Å²) in [7, 11) is 0. The van der Waals surface area contributed by atoms with Crippen molar-refractivity contribution < 1.29 is 13.2 Å². The fourth-order valence-electron chi connectivity index (χ4n) is 1.99. The first-order valence-corrected chi connectivity index (χ1v) is 6.74. The number of alkyl halides is 3. The van der Waals surface area contributed by atoms with Crippen LogP contribution in [0.2, 0.25) is 5.02 Å². The van der Waals surface area contributed by atoms with Crippen molar-refractivity contribution in [1.82, 2.24) is 9.55 Å². The minimum Gasteiger partial charge on any atom is -0.322 e. The maximum absolute atomic E-state index is 12.9.